The van der Waals surface area contributed by atoms with Gasteiger partial charge in [-0.15, -0.1) is 6.58 Å². The summed E-state index contributed by atoms with van der Waals surface area (Å²) < 4.78 is 15.4. The Labute approximate surface area is 119 Å². The molecule has 0 saturated carbocycles. The van der Waals surface area contributed by atoms with Crippen LogP contribution in [0.1, 0.15) is 19.7 Å². The van der Waals surface area contributed by atoms with Gasteiger partial charge < -0.3 is 9.88 Å². The molecule has 20 heavy (non-hydrogen) atoms. The van der Waals surface area contributed by atoms with Crippen molar-refractivity contribution in [3.63, 3.8) is 0 Å². The van der Waals surface area contributed by atoms with Gasteiger partial charge in [0.2, 0.25) is 0 Å². The van der Waals surface area contributed by atoms with Gasteiger partial charge in [-0.05, 0) is 24.6 Å². The van der Waals surface area contributed by atoms with Crippen LogP contribution in [0.3, 0.4) is 0 Å². The molecular weight excluding hydrogens is 253 g/mol. The normalized spacial score (nSPS) is 11.4. The molecule has 0 unspecified atom stereocenters. The molecule has 0 bridgehead atoms. The molecule has 0 atom stereocenters. The Morgan fingerprint density at radius 1 is 1.45 bits per heavy atom. The van der Waals surface area contributed by atoms with Crippen LogP contribution in [0.5, 0.6) is 0 Å². The third kappa shape index (κ3) is 3.45. The van der Waals surface area contributed by atoms with Gasteiger partial charge in [0.15, 0.2) is 0 Å². The number of allylic oxidation sites excluding steroid dienone is 1. The molecule has 1 aromatic carbocycles. The summed E-state index contributed by atoms with van der Waals surface area (Å²) in [7, 11) is 0. The first kappa shape index (κ1) is 14.7. The molecule has 0 aliphatic carbocycles. The minimum absolute atomic E-state index is 0.245. The topological polar surface area (TPSA) is 29.9 Å². The smallest absolute Gasteiger partial charge is 0.125 e. The molecule has 1 heterocycles. The molecule has 0 radical (unpaired) electrons. The highest BCUT2D eigenvalue weighted by molar-refractivity contribution is 5.76. The van der Waals surface area contributed by atoms with Gasteiger partial charge in [-0.1, -0.05) is 19.9 Å². The van der Waals surface area contributed by atoms with Crippen LogP contribution in [0.4, 0.5) is 4.39 Å². The maximum atomic E-state index is 13.3. The Morgan fingerprint density at radius 3 is 2.95 bits per heavy atom. The van der Waals surface area contributed by atoms with Crippen LogP contribution in [-0.4, -0.2) is 22.6 Å². The summed E-state index contributed by atoms with van der Waals surface area (Å²) in [6, 6.07) is 4.75. The van der Waals surface area contributed by atoms with Crippen molar-refractivity contribution in [2.75, 3.05) is 13.1 Å². The zero-order chi connectivity index (χ0) is 14.5. The molecule has 108 valence electrons. The molecule has 1 aromatic heterocycles. The fraction of sp³-hybridized carbons (Fsp3) is 0.438. The Balaban J connectivity index is 2.18. The third-order valence-corrected chi connectivity index (χ3v) is 3.18. The van der Waals surface area contributed by atoms with Gasteiger partial charge in [0.25, 0.3) is 0 Å². The summed E-state index contributed by atoms with van der Waals surface area (Å²) in [6.45, 7) is 10.7. The first-order valence-electron chi connectivity index (χ1n) is 7.08. The van der Waals surface area contributed by atoms with Crippen LogP contribution >= 0.6 is 0 Å². The highest BCUT2D eigenvalue weighted by atomic mass is 19.1. The Morgan fingerprint density at radius 2 is 2.25 bits per heavy atom. The lowest BCUT2D eigenvalue weighted by Gasteiger charge is -2.09. The maximum absolute atomic E-state index is 13.3. The van der Waals surface area contributed by atoms with E-state index in [0.29, 0.717) is 18.0 Å². The Kier molecular flexibility index (Phi) is 4.90. The predicted octanol–water partition coefficient (Wildman–Crippen LogP) is 3.15. The van der Waals surface area contributed by atoms with Crippen LogP contribution < -0.4 is 5.32 Å². The first-order chi connectivity index (χ1) is 9.61. The second kappa shape index (κ2) is 6.66. The number of fused-ring (bicyclic) bond motifs is 1. The van der Waals surface area contributed by atoms with E-state index in [9.17, 15) is 4.39 Å². The first-order valence-corrected chi connectivity index (χ1v) is 7.08. The van der Waals surface area contributed by atoms with Gasteiger partial charge in [0.1, 0.15) is 11.6 Å². The molecule has 0 spiro atoms. The second-order valence-corrected chi connectivity index (χ2v) is 5.41. The average Bonchev–Trinajstić information content (AvgIpc) is 2.72. The van der Waals surface area contributed by atoms with E-state index < -0.39 is 0 Å². The zero-order valence-corrected chi connectivity index (χ0v) is 12.2. The highest BCUT2D eigenvalue weighted by Gasteiger charge is 2.10. The lowest BCUT2D eigenvalue weighted by atomic mass is 10.2. The summed E-state index contributed by atoms with van der Waals surface area (Å²) >= 11 is 0. The summed E-state index contributed by atoms with van der Waals surface area (Å²) in [6.07, 6.45) is 2.67. The van der Waals surface area contributed by atoms with Crippen molar-refractivity contribution in [1.82, 2.24) is 14.9 Å². The van der Waals surface area contributed by atoms with Crippen molar-refractivity contribution in [3.8, 4) is 0 Å². The number of nitrogens with zero attached hydrogens (tertiary/aromatic N) is 2. The standard InChI is InChI=1S/C16H22FN3/c1-4-9-20-15-6-5-13(17)10-14(15)19-16(20)7-8-18-11-12(2)3/h4-6,10,12,18H,1,7-9,11H2,2-3H3. The fourth-order valence-corrected chi connectivity index (χ4v) is 2.27. The molecule has 0 fully saturated rings. The summed E-state index contributed by atoms with van der Waals surface area (Å²) in [5.41, 5.74) is 1.68. The number of rotatable bonds is 7. The van der Waals surface area contributed by atoms with Crippen molar-refractivity contribution < 1.29 is 4.39 Å². The van der Waals surface area contributed by atoms with E-state index in [2.05, 4.69) is 35.3 Å². The number of nitrogens with one attached hydrogen (secondary N) is 1. The van der Waals surface area contributed by atoms with Gasteiger partial charge in [-0.25, -0.2) is 9.37 Å². The van der Waals surface area contributed by atoms with E-state index in [-0.39, 0.29) is 5.82 Å². The van der Waals surface area contributed by atoms with Gasteiger partial charge in [0, 0.05) is 25.6 Å². The monoisotopic (exact) mass is 275 g/mol. The largest absolute Gasteiger partial charge is 0.324 e. The van der Waals surface area contributed by atoms with E-state index in [4.69, 9.17) is 0 Å². The molecule has 1 N–H and O–H groups in total. The molecule has 2 rings (SSSR count). The summed E-state index contributed by atoms with van der Waals surface area (Å²) in [4.78, 5) is 4.54. The van der Waals surface area contributed by atoms with Crippen LogP contribution in [0.15, 0.2) is 30.9 Å². The fourth-order valence-electron chi connectivity index (χ4n) is 2.27. The van der Waals surface area contributed by atoms with E-state index in [1.807, 2.05) is 6.08 Å². The number of hydrogen-bond acceptors (Lipinski definition) is 2. The van der Waals surface area contributed by atoms with Crippen LogP contribution in [0.2, 0.25) is 0 Å². The predicted molar refractivity (Wildman–Crippen MR) is 81.3 cm³/mol. The van der Waals surface area contributed by atoms with E-state index >= 15 is 0 Å². The average molecular weight is 275 g/mol. The maximum Gasteiger partial charge on any atom is 0.125 e. The van der Waals surface area contributed by atoms with E-state index in [1.54, 1.807) is 6.07 Å². The van der Waals surface area contributed by atoms with Crippen LogP contribution in [0, 0.1) is 11.7 Å². The van der Waals surface area contributed by atoms with Gasteiger partial charge in [-0.3, -0.25) is 0 Å². The Bertz CT molecular complexity index is 587. The highest BCUT2D eigenvalue weighted by Crippen LogP contribution is 2.18. The molecule has 0 aliphatic rings. The SMILES string of the molecule is C=CCn1c(CCNCC(C)C)nc2cc(F)ccc21. The number of halogens is 1. The van der Waals surface area contributed by atoms with Crippen molar-refractivity contribution in [1.29, 1.82) is 0 Å². The number of aromatic nitrogens is 2. The van der Waals surface area contributed by atoms with Crippen molar-refractivity contribution in [2.45, 2.75) is 26.8 Å². The van der Waals surface area contributed by atoms with Crippen molar-refractivity contribution in [3.05, 3.63) is 42.5 Å². The van der Waals surface area contributed by atoms with E-state index in [1.165, 1.54) is 12.1 Å². The molecular formula is C16H22FN3. The number of imidazole rings is 1. The van der Waals surface area contributed by atoms with Crippen molar-refractivity contribution >= 4 is 11.0 Å². The molecule has 4 heteroatoms. The Hall–Kier alpha value is -1.68. The minimum Gasteiger partial charge on any atom is -0.324 e. The molecule has 0 amide bonds. The quantitative estimate of drug-likeness (QED) is 0.621. The summed E-state index contributed by atoms with van der Waals surface area (Å²) in [5, 5.41) is 3.41. The number of benzene rings is 1. The lowest BCUT2D eigenvalue weighted by Crippen LogP contribution is -2.23. The molecule has 2 aromatic rings. The zero-order valence-electron chi connectivity index (χ0n) is 12.2. The molecule has 0 saturated heterocycles. The summed E-state index contributed by atoms with van der Waals surface area (Å²) in [5.74, 6) is 1.36. The minimum atomic E-state index is -0.245. The lowest BCUT2D eigenvalue weighted by molar-refractivity contribution is 0.547. The van der Waals surface area contributed by atoms with Crippen LogP contribution in [0.25, 0.3) is 11.0 Å². The molecule has 3 nitrogen and oxygen atoms in total. The van der Waals surface area contributed by atoms with Crippen LogP contribution in [-0.2, 0) is 13.0 Å². The van der Waals surface area contributed by atoms with Crippen molar-refractivity contribution in [2.24, 2.45) is 5.92 Å². The second-order valence-electron chi connectivity index (χ2n) is 5.41. The van der Waals surface area contributed by atoms with E-state index in [0.717, 1.165) is 30.9 Å². The molecule has 0 aliphatic heterocycles. The van der Waals surface area contributed by atoms with Gasteiger partial charge >= 0.3 is 0 Å². The van der Waals surface area contributed by atoms with Gasteiger partial charge in [-0.2, -0.15) is 0 Å². The number of hydrogen-bond donors (Lipinski definition) is 1. The van der Waals surface area contributed by atoms with Gasteiger partial charge in [0.05, 0.1) is 11.0 Å². The third-order valence-electron chi connectivity index (χ3n) is 3.18.